The van der Waals surface area contributed by atoms with E-state index in [1.54, 1.807) is 14.2 Å². The van der Waals surface area contributed by atoms with Crippen LogP contribution < -0.4 is 24.8 Å². The van der Waals surface area contributed by atoms with E-state index in [2.05, 4.69) is 17.6 Å². The molecule has 0 spiro atoms. The van der Waals surface area contributed by atoms with E-state index >= 15 is 0 Å². The molecule has 5 nitrogen and oxygen atoms in total. The highest BCUT2D eigenvalue weighted by Gasteiger charge is 2.14. The zero-order chi connectivity index (χ0) is 19.8. The first-order valence-corrected chi connectivity index (χ1v) is 9.43. The Labute approximate surface area is 167 Å². The average Bonchev–Trinajstić information content (AvgIpc) is 2.66. The van der Waals surface area contributed by atoms with Crippen LogP contribution in [0.25, 0.3) is 0 Å². The summed E-state index contributed by atoms with van der Waals surface area (Å²) in [5, 5.41) is 7.14. The summed E-state index contributed by atoms with van der Waals surface area (Å²) in [6.45, 7) is 6.11. The van der Waals surface area contributed by atoms with E-state index in [4.69, 9.17) is 26.4 Å². The van der Waals surface area contributed by atoms with Crippen molar-refractivity contribution in [1.82, 2.24) is 5.32 Å². The first kappa shape index (κ1) is 20.8. The summed E-state index contributed by atoms with van der Waals surface area (Å²) in [5.74, 6) is 2.25. The van der Waals surface area contributed by atoms with E-state index in [-0.39, 0.29) is 12.1 Å². The largest absolute Gasteiger partial charge is 0.493 e. The summed E-state index contributed by atoms with van der Waals surface area (Å²) in [5.41, 5.74) is 1.99. The number of benzene rings is 2. The molecule has 2 N–H and O–H groups in total. The predicted octanol–water partition coefficient (Wildman–Crippen LogP) is 4.93. The number of ether oxygens (including phenoxy) is 3. The number of anilines is 1. The van der Waals surface area contributed by atoms with Crippen molar-refractivity contribution in [2.24, 2.45) is 0 Å². The van der Waals surface area contributed by atoms with Gasteiger partial charge in [0.2, 0.25) is 0 Å². The lowest BCUT2D eigenvalue weighted by Gasteiger charge is -2.21. The predicted molar refractivity (Wildman–Crippen MR) is 114 cm³/mol. The summed E-state index contributed by atoms with van der Waals surface area (Å²) in [4.78, 5) is 0. The highest BCUT2D eigenvalue weighted by atomic mass is 32.1. The van der Waals surface area contributed by atoms with E-state index in [1.807, 2.05) is 56.3 Å². The normalized spacial score (nSPS) is 11.6. The Balaban J connectivity index is 2.02. The minimum atomic E-state index is 0.0633. The molecular weight excluding hydrogens is 360 g/mol. The maximum absolute atomic E-state index is 5.66. The van der Waals surface area contributed by atoms with Gasteiger partial charge in [0.1, 0.15) is 5.75 Å². The fourth-order valence-corrected chi connectivity index (χ4v) is 2.97. The smallest absolute Gasteiger partial charge is 0.171 e. The molecule has 6 heteroatoms. The summed E-state index contributed by atoms with van der Waals surface area (Å²) < 4.78 is 16.4. The van der Waals surface area contributed by atoms with Crippen LogP contribution >= 0.6 is 12.2 Å². The van der Waals surface area contributed by atoms with Crippen molar-refractivity contribution in [2.75, 3.05) is 19.5 Å². The van der Waals surface area contributed by atoms with E-state index < -0.39 is 0 Å². The quantitative estimate of drug-likeness (QED) is 0.626. The van der Waals surface area contributed by atoms with Crippen LogP contribution in [0.2, 0.25) is 0 Å². The lowest BCUT2D eigenvalue weighted by Crippen LogP contribution is -2.32. The van der Waals surface area contributed by atoms with Gasteiger partial charge in [-0.25, -0.2) is 0 Å². The van der Waals surface area contributed by atoms with Gasteiger partial charge in [-0.05, 0) is 74.4 Å². The number of methoxy groups -OCH3 is 2. The maximum atomic E-state index is 5.66. The zero-order valence-corrected chi connectivity index (χ0v) is 17.4. The van der Waals surface area contributed by atoms with Gasteiger partial charge in [0.25, 0.3) is 0 Å². The minimum Gasteiger partial charge on any atom is -0.493 e. The van der Waals surface area contributed by atoms with Crippen molar-refractivity contribution in [1.29, 1.82) is 0 Å². The third-order valence-corrected chi connectivity index (χ3v) is 4.23. The van der Waals surface area contributed by atoms with Gasteiger partial charge in [0, 0.05) is 5.69 Å². The second-order valence-corrected chi connectivity index (χ2v) is 6.77. The van der Waals surface area contributed by atoms with Crippen LogP contribution in [0.15, 0.2) is 42.5 Å². The zero-order valence-electron chi connectivity index (χ0n) is 16.5. The van der Waals surface area contributed by atoms with Gasteiger partial charge in [-0.2, -0.15) is 0 Å². The molecule has 1 atom stereocenters. The minimum absolute atomic E-state index is 0.0633. The Morgan fingerprint density at radius 3 is 2.22 bits per heavy atom. The van der Waals surface area contributed by atoms with Crippen LogP contribution in [-0.4, -0.2) is 25.4 Å². The molecule has 0 radical (unpaired) electrons. The van der Waals surface area contributed by atoms with Gasteiger partial charge in [-0.1, -0.05) is 13.0 Å². The standard InChI is InChI=1S/C21H28N2O3S/c1-6-18(15-7-12-19(24-4)20(13-15)25-5)23-21(27)22-16-8-10-17(11-9-16)26-14(2)3/h7-14,18H,6H2,1-5H3,(H2,22,23,27)/t18-/m0/s1. The Bertz CT molecular complexity index is 748. The SMILES string of the molecule is CC[C@H](NC(=S)Nc1ccc(OC(C)C)cc1)c1ccc(OC)c(OC)c1. The molecule has 0 aromatic heterocycles. The summed E-state index contributed by atoms with van der Waals surface area (Å²) in [6.07, 6.45) is 1.02. The molecule has 146 valence electrons. The van der Waals surface area contributed by atoms with Gasteiger partial charge in [-0.15, -0.1) is 0 Å². The van der Waals surface area contributed by atoms with Crippen LogP contribution in [0.5, 0.6) is 17.2 Å². The lowest BCUT2D eigenvalue weighted by molar-refractivity contribution is 0.242. The molecule has 0 aliphatic heterocycles. The van der Waals surface area contributed by atoms with Crippen LogP contribution in [0, 0.1) is 0 Å². The van der Waals surface area contributed by atoms with Crippen molar-refractivity contribution in [3.63, 3.8) is 0 Å². The highest BCUT2D eigenvalue weighted by molar-refractivity contribution is 7.80. The third-order valence-electron chi connectivity index (χ3n) is 4.01. The molecule has 2 aromatic carbocycles. The molecule has 0 aliphatic carbocycles. The molecule has 0 unspecified atom stereocenters. The molecule has 27 heavy (non-hydrogen) atoms. The van der Waals surface area contributed by atoms with Crippen molar-refractivity contribution in [3.05, 3.63) is 48.0 Å². The average molecular weight is 389 g/mol. The van der Waals surface area contributed by atoms with Crippen molar-refractivity contribution < 1.29 is 14.2 Å². The fraction of sp³-hybridized carbons (Fsp3) is 0.381. The Morgan fingerprint density at radius 2 is 1.67 bits per heavy atom. The topological polar surface area (TPSA) is 51.8 Å². The van der Waals surface area contributed by atoms with Gasteiger partial charge in [-0.3, -0.25) is 0 Å². The van der Waals surface area contributed by atoms with Crippen molar-refractivity contribution >= 4 is 23.0 Å². The van der Waals surface area contributed by atoms with E-state index in [1.165, 1.54) is 0 Å². The number of nitrogens with one attached hydrogen (secondary N) is 2. The third kappa shape index (κ3) is 6.03. The first-order chi connectivity index (χ1) is 13.0. The molecule has 0 amide bonds. The fourth-order valence-electron chi connectivity index (χ4n) is 2.71. The van der Waals surface area contributed by atoms with Crippen LogP contribution in [-0.2, 0) is 0 Å². The summed E-state index contributed by atoms with van der Waals surface area (Å²) in [7, 11) is 3.26. The molecule has 0 saturated heterocycles. The summed E-state index contributed by atoms with van der Waals surface area (Å²) in [6, 6.07) is 13.7. The van der Waals surface area contributed by atoms with Gasteiger partial charge in [0.15, 0.2) is 16.6 Å². The number of hydrogen-bond donors (Lipinski definition) is 2. The van der Waals surface area contributed by atoms with E-state index in [0.29, 0.717) is 16.6 Å². The number of hydrogen-bond acceptors (Lipinski definition) is 4. The second-order valence-electron chi connectivity index (χ2n) is 6.36. The molecule has 0 aliphatic rings. The number of thiocarbonyl (C=S) groups is 1. The monoisotopic (exact) mass is 388 g/mol. The Hall–Kier alpha value is -2.47. The van der Waals surface area contributed by atoms with Crippen molar-refractivity contribution in [3.8, 4) is 17.2 Å². The molecule has 0 fully saturated rings. The molecule has 2 aromatic rings. The first-order valence-electron chi connectivity index (χ1n) is 9.03. The molecule has 0 saturated carbocycles. The highest BCUT2D eigenvalue weighted by Crippen LogP contribution is 2.31. The second kappa shape index (κ2) is 10.0. The van der Waals surface area contributed by atoms with Crippen LogP contribution in [0.4, 0.5) is 5.69 Å². The van der Waals surface area contributed by atoms with E-state index in [0.717, 1.165) is 23.4 Å². The van der Waals surface area contributed by atoms with Gasteiger partial charge in [0.05, 0.1) is 26.4 Å². The number of rotatable bonds is 8. The molecule has 0 bridgehead atoms. The lowest BCUT2D eigenvalue weighted by atomic mass is 10.0. The van der Waals surface area contributed by atoms with Crippen LogP contribution in [0.3, 0.4) is 0 Å². The Kier molecular flexibility index (Phi) is 7.73. The maximum Gasteiger partial charge on any atom is 0.171 e. The Morgan fingerprint density at radius 1 is 1.00 bits per heavy atom. The molecular formula is C21H28N2O3S. The van der Waals surface area contributed by atoms with Gasteiger partial charge >= 0.3 is 0 Å². The summed E-state index contributed by atoms with van der Waals surface area (Å²) >= 11 is 5.48. The molecule has 2 rings (SSSR count). The van der Waals surface area contributed by atoms with Gasteiger partial charge < -0.3 is 24.8 Å². The van der Waals surface area contributed by atoms with Crippen LogP contribution in [0.1, 0.15) is 38.8 Å². The molecule has 0 heterocycles. The van der Waals surface area contributed by atoms with E-state index in [9.17, 15) is 0 Å². The van der Waals surface area contributed by atoms with Crippen molar-refractivity contribution in [2.45, 2.75) is 39.3 Å².